The van der Waals surface area contributed by atoms with Crippen LogP contribution >= 0.6 is 0 Å². The van der Waals surface area contributed by atoms with Gasteiger partial charge in [0, 0.05) is 5.92 Å². The summed E-state index contributed by atoms with van der Waals surface area (Å²) >= 11 is 0. The topological polar surface area (TPSA) is 38.3 Å². The van der Waals surface area contributed by atoms with Gasteiger partial charge in [-0.3, -0.25) is 4.79 Å². The number of amides is 1. The number of anilines is 1. The van der Waals surface area contributed by atoms with E-state index in [9.17, 15) is 4.79 Å². The van der Waals surface area contributed by atoms with Gasteiger partial charge in [-0.1, -0.05) is 66.5 Å². The van der Waals surface area contributed by atoms with Crippen LogP contribution < -0.4 is 10.1 Å². The van der Waals surface area contributed by atoms with Crippen molar-refractivity contribution < 1.29 is 9.53 Å². The normalized spacial score (nSPS) is 32.3. The second kappa shape index (κ2) is 10.2. The molecule has 0 bridgehead atoms. The lowest BCUT2D eigenvalue weighted by molar-refractivity contribution is -0.124. The van der Waals surface area contributed by atoms with Gasteiger partial charge in [0.2, 0.25) is 5.91 Å². The predicted octanol–water partition coefficient (Wildman–Crippen LogP) is 7.17. The maximum absolute atomic E-state index is 13.3. The summed E-state index contributed by atoms with van der Waals surface area (Å²) < 4.78 is 6.60. The molecule has 1 amide bonds. The molecule has 6 atom stereocenters. The van der Waals surface area contributed by atoms with Crippen molar-refractivity contribution in [2.24, 2.45) is 41.4 Å². The molecule has 1 aromatic rings. The van der Waals surface area contributed by atoms with Crippen molar-refractivity contribution in [1.82, 2.24) is 0 Å². The van der Waals surface area contributed by atoms with Crippen LogP contribution in [0.25, 0.3) is 0 Å². The Hall–Kier alpha value is -1.51. The highest BCUT2D eigenvalue weighted by Gasteiger charge is 2.36. The highest BCUT2D eigenvalue weighted by molar-refractivity contribution is 5.94. The molecule has 1 aromatic carbocycles. The van der Waals surface area contributed by atoms with E-state index in [1.54, 1.807) is 0 Å². The smallest absolute Gasteiger partial charge is 0.227 e. The minimum absolute atomic E-state index is 0.0971. The van der Waals surface area contributed by atoms with E-state index in [2.05, 4.69) is 46.9 Å². The van der Waals surface area contributed by atoms with Crippen LogP contribution in [0.15, 0.2) is 24.3 Å². The predicted molar refractivity (Wildman–Crippen MR) is 126 cm³/mol. The van der Waals surface area contributed by atoms with E-state index in [1.165, 1.54) is 19.3 Å². The molecule has 1 N–H and O–H groups in total. The Morgan fingerprint density at radius 2 is 1.50 bits per heavy atom. The van der Waals surface area contributed by atoms with Crippen LogP contribution in [0.1, 0.15) is 80.1 Å². The average molecular weight is 414 g/mol. The fraction of sp³-hybridized carbons (Fsp3) is 0.741. The van der Waals surface area contributed by atoms with Crippen LogP contribution in [-0.4, -0.2) is 12.0 Å². The molecule has 2 aliphatic carbocycles. The molecular weight excluding hydrogens is 370 g/mol. The SMILES string of the molecule is CC1CCC(C(C)C)C(Oc2ccccc2NC(=O)C2CC(C)CCC2C(C)C)C1. The number of hydrogen-bond acceptors (Lipinski definition) is 2. The molecule has 0 spiro atoms. The molecule has 6 unspecified atom stereocenters. The highest BCUT2D eigenvalue weighted by atomic mass is 16.5. The highest BCUT2D eigenvalue weighted by Crippen LogP contribution is 2.40. The monoisotopic (exact) mass is 413 g/mol. The van der Waals surface area contributed by atoms with Crippen LogP contribution in [-0.2, 0) is 4.79 Å². The fourth-order valence-electron chi connectivity index (χ4n) is 5.82. The molecule has 2 fully saturated rings. The lowest BCUT2D eigenvalue weighted by Gasteiger charge is -2.38. The van der Waals surface area contributed by atoms with E-state index in [-0.39, 0.29) is 17.9 Å². The van der Waals surface area contributed by atoms with E-state index in [1.807, 2.05) is 24.3 Å². The average Bonchev–Trinajstić information content (AvgIpc) is 2.69. The number of hydrogen-bond donors (Lipinski definition) is 1. The van der Waals surface area contributed by atoms with Crippen molar-refractivity contribution in [3.05, 3.63) is 24.3 Å². The summed E-state index contributed by atoms with van der Waals surface area (Å²) in [6.07, 6.45) is 7.23. The molecule has 0 radical (unpaired) electrons. The first-order chi connectivity index (χ1) is 14.3. The van der Waals surface area contributed by atoms with Crippen molar-refractivity contribution in [2.75, 3.05) is 5.32 Å². The van der Waals surface area contributed by atoms with Crippen molar-refractivity contribution in [2.45, 2.75) is 86.2 Å². The third-order valence-electron chi connectivity index (χ3n) is 7.74. The second-order valence-electron chi connectivity index (χ2n) is 10.9. The Kier molecular flexibility index (Phi) is 7.87. The minimum atomic E-state index is 0.0971. The molecule has 0 saturated heterocycles. The first-order valence-corrected chi connectivity index (χ1v) is 12.3. The van der Waals surface area contributed by atoms with E-state index >= 15 is 0 Å². The van der Waals surface area contributed by atoms with Gasteiger partial charge in [-0.2, -0.15) is 0 Å². The van der Waals surface area contributed by atoms with Crippen molar-refractivity contribution >= 4 is 11.6 Å². The van der Waals surface area contributed by atoms with Crippen molar-refractivity contribution in [3.63, 3.8) is 0 Å². The Morgan fingerprint density at radius 3 is 2.17 bits per heavy atom. The first kappa shape index (κ1) is 23.2. The molecule has 2 saturated carbocycles. The Morgan fingerprint density at radius 1 is 0.900 bits per heavy atom. The lowest BCUT2D eigenvalue weighted by Crippen LogP contribution is -2.37. The molecule has 3 rings (SSSR count). The molecule has 3 heteroatoms. The second-order valence-corrected chi connectivity index (χ2v) is 10.9. The van der Waals surface area contributed by atoms with Gasteiger partial charge in [0.15, 0.2) is 0 Å². The number of benzene rings is 1. The zero-order valence-electron chi connectivity index (χ0n) is 20.0. The minimum Gasteiger partial charge on any atom is -0.488 e. The van der Waals surface area contributed by atoms with Gasteiger partial charge in [-0.25, -0.2) is 0 Å². The molecule has 0 aliphatic heterocycles. The Balaban J connectivity index is 1.75. The molecule has 0 heterocycles. The first-order valence-electron chi connectivity index (χ1n) is 12.3. The van der Waals surface area contributed by atoms with Gasteiger partial charge in [-0.05, 0) is 73.3 Å². The zero-order valence-corrected chi connectivity index (χ0v) is 20.0. The molecule has 2 aliphatic rings. The Labute approximate surface area is 184 Å². The van der Waals surface area contributed by atoms with Crippen molar-refractivity contribution in [1.29, 1.82) is 0 Å². The van der Waals surface area contributed by atoms with Gasteiger partial charge in [-0.15, -0.1) is 0 Å². The number of ether oxygens (including phenoxy) is 1. The number of carbonyl (C=O) groups is 1. The van der Waals surface area contributed by atoms with E-state index < -0.39 is 0 Å². The zero-order chi connectivity index (χ0) is 21.8. The van der Waals surface area contributed by atoms with Crippen molar-refractivity contribution in [3.8, 4) is 5.75 Å². The fourth-order valence-corrected chi connectivity index (χ4v) is 5.82. The summed E-state index contributed by atoms with van der Waals surface area (Å²) in [7, 11) is 0. The molecule has 0 aromatic heterocycles. The molecule has 3 nitrogen and oxygen atoms in total. The maximum Gasteiger partial charge on any atom is 0.227 e. The van der Waals surface area contributed by atoms with Gasteiger partial charge in [0.25, 0.3) is 0 Å². The van der Waals surface area contributed by atoms with Crippen LogP contribution in [0.5, 0.6) is 5.75 Å². The number of carbonyl (C=O) groups excluding carboxylic acids is 1. The summed E-state index contributed by atoms with van der Waals surface area (Å²) in [5.74, 6) is 4.62. The standard InChI is InChI=1S/C27H43NO2/c1-17(2)21-13-11-19(5)15-23(21)27(29)28-24-9-7-8-10-25(24)30-26-16-20(6)12-14-22(26)18(3)4/h7-10,17-23,26H,11-16H2,1-6H3,(H,28,29). The van der Waals surface area contributed by atoms with Crippen LogP contribution in [0, 0.1) is 41.4 Å². The molecular formula is C27H43NO2. The largest absolute Gasteiger partial charge is 0.488 e. The molecule has 30 heavy (non-hydrogen) atoms. The maximum atomic E-state index is 13.3. The summed E-state index contributed by atoms with van der Waals surface area (Å²) in [5, 5.41) is 3.27. The van der Waals surface area contributed by atoms with Gasteiger partial charge in [0.05, 0.1) is 5.69 Å². The number of para-hydroxylation sites is 2. The van der Waals surface area contributed by atoms with Crippen LogP contribution in [0.2, 0.25) is 0 Å². The van der Waals surface area contributed by atoms with E-state index in [0.717, 1.165) is 30.7 Å². The summed E-state index contributed by atoms with van der Waals surface area (Å²) in [6.45, 7) is 13.7. The number of nitrogens with one attached hydrogen (secondary N) is 1. The summed E-state index contributed by atoms with van der Waals surface area (Å²) in [5.41, 5.74) is 0.837. The van der Waals surface area contributed by atoms with E-state index in [4.69, 9.17) is 4.74 Å². The van der Waals surface area contributed by atoms with Gasteiger partial charge in [0.1, 0.15) is 11.9 Å². The summed E-state index contributed by atoms with van der Waals surface area (Å²) in [4.78, 5) is 13.3. The Bertz CT molecular complexity index is 698. The van der Waals surface area contributed by atoms with Crippen LogP contribution in [0.3, 0.4) is 0 Å². The van der Waals surface area contributed by atoms with Crippen LogP contribution in [0.4, 0.5) is 5.69 Å². The number of rotatable bonds is 6. The quantitative estimate of drug-likeness (QED) is 0.536. The lowest BCUT2D eigenvalue weighted by atomic mass is 9.70. The summed E-state index contributed by atoms with van der Waals surface area (Å²) in [6, 6.07) is 8.03. The molecule has 168 valence electrons. The third kappa shape index (κ3) is 5.59. The van der Waals surface area contributed by atoms with Gasteiger partial charge >= 0.3 is 0 Å². The van der Waals surface area contributed by atoms with Gasteiger partial charge < -0.3 is 10.1 Å². The van der Waals surface area contributed by atoms with E-state index in [0.29, 0.717) is 35.5 Å². The third-order valence-corrected chi connectivity index (χ3v) is 7.74.